The van der Waals surface area contributed by atoms with E-state index in [0.29, 0.717) is 0 Å². The van der Waals surface area contributed by atoms with Crippen LogP contribution in [0.25, 0.3) is 0 Å². The fraction of sp³-hybridized carbons (Fsp3) is 0.667. The van der Waals surface area contributed by atoms with Gasteiger partial charge in [0.05, 0.1) is 6.42 Å². The Morgan fingerprint density at radius 1 is 1.38 bits per heavy atom. The van der Waals surface area contributed by atoms with Crippen molar-refractivity contribution in [1.82, 2.24) is 0 Å². The van der Waals surface area contributed by atoms with Crippen molar-refractivity contribution in [2.24, 2.45) is 0 Å². The molecule has 0 bridgehead atoms. The van der Waals surface area contributed by atoms with Gasteiger partial charge in [0.25, 0.3) is 0 Å². The SMILES string of the molecule is O=C(Cl)CC(Cl)(Cl)Cl. The van der Waals surface area contributed by atoms with Gasteiger partial charge in [-0.1, -0.05) is 34.8 Å². The number of alkyl halides is 3. The molecule has 0 fully saturated rings. The Morgan fingerprint density at radius 3 is 1.75 bits per heavy atom. The molecule has 0 aromatic rings. The average molecular weight is 196 g/mol. The normalized spacial score (nSPS) is 11.5. The van der Waals surface area contributed by atoms with Crippen molar-refractivity contribution in [3.8, 4) is 0 Å². The largest absolute Gasteiger partial charge is 0.281 e. The first-order valence-electron chi connectivity index (χ1n) is 1.67. The molecule has 0 heterocycles. The molecule has 48 valence electrons. The zero-order valence-corrected chi connectivity index (χ0v) is 6.65. The summed E-state index contributed by atoms with van der Waals surface area (Å²) in [6.45, 7) is 0. The highest BCUT2D eigenvalue weighted by molar-refractivity contribution is 6.72. The van der Waals surface area contributed by atoms with Crippen molar-refractivity contribution in [3.63, 3.8) is 0 Å². The van der Waals surface area contributed by atoms with Crippen LogP contribution in [0.15, 0.2) is 0 Å². The molecular weight excluding hydrogens is 194 g/mol. The molecule has 8 heavy (non-hydrogen) atoms. The van der Waals surface area contributed by atoms with Gasteiger partial charge in [0.2, 0.25) is 5.24 Å². The summed E-state index contributed by atoms with van der Waals surface area (Å²) in [6.07, 6.45) is -0.251. The molecule has 0 unspecified atom stereocenters. The summed E-state index contributed by atoms with van der Waals surface area (Å²) >= 11 is 20.3. The van der Waals surface area contributed by atoms with Crippen molar-refractivity contribution >= 4 is 51.6 Å². The molecule has 1 nitrogen and oxygen atoms in total. The number of rotatable bonds is 1. The van der Waals surface area contributed by atoms with Crippen molar-refractivity contribution in [1.29, 1.82) is 0 Å². The van der Waals surface area contributed by atoms with Crippen LogP contribution in [0.2, 0.25) is 0 Å². The van der Waals surface area contributed by atoms with Gasteiger partial charge >= 0.3 is 0 Å². The van der Waals surface area contributed by atoms with Gasteiger partial charge in [0.1, 0.15) is 0 Å². The lowest BCUT2D eigenvalue weighted by Gasteiger charge is -2.04. The Balaban J connectivity index is 3.55. The van der Waals surface area contributed by atoms with Crippen LogP contribution in [0.3, 0.4) is 0 Å². The third-order valence-corrected chi connectivity index (χ3v) is 0.874. The summed E-state index contributed by atoms with van der Waals surface area (Å²) in [4.78, 5) is 9.97. The zero-order valence-electron chi connectivity index (χ0n) is 3.63. The smallest absolute Gasteiger partial charge is 0.225 e. The number of hydrogen-bond donors (Lipinski definition) is 0. The van der Waals surface area contributed by atoms with E-state index in [2.05, 4.69) is 0 Å². The van der Waals surface area contributed by atoms with E-state index in [0.717, 1.165) is 0 Å². The Hall–Kier alpha value is 0.830. The topological polar surface area (TPSA) is 17.1 Å². The molecule has 0 N–H and O–H groups in total. The zero-order chi connectivity index (χ0) is 6.78. The number of halogens is 4. The van der Waals surface area contributed by atoms with Gasteiger partial charge in [-0.2, -0.15) is 0 Å². The van der Waals surface area contributed by atoms with Crippen molar-refractivity contribution < 1.29 is 4.79 Å². The van der Waals surface area contributed by atoms with Crippen LogP contribution in [0.5, 0.6) is 0 Å². The van der Waals surface area contributed by atoms with Gasteiger partial charge in [0, 0.05) is 0 Å². The summed E-state index contributed by atoms with van der Waals surface area (Å²) in [5.74, 6) is 0. The van der Waals surface area contributed by atoms with Crippen LogP contribution >= 0.6 is 46.4 Å². The van der Waals surface area contributed by atoms with Gasteiger partial charge in [-0.3, -0.25) is 4.79 Å². The maximum atomic E-state index is 9.97. The Morgan fingerprint density at radius 2 is 1.75 bits per heavy atom. The van der Waals surface area contributed by atoms with E-state index >= 15 is 0 Å². The molecule has 0 radical (unpaired) electrons. The van der Waals surface area contributed by atoms with Gasteiger partial charge in [-0.15, -0.1) is 0 Å². The van der Waals surface area contributed by atoms with Gasteiger partial charge < -0.3 is 0 Å². The number of carbonyl (C=O) groups excluding carboxylic acids is 1. The second-order valence-electron chi connectivity index (χ2n) is 1.15. The molecule has 0 atom stereocenters. The molecular formula is C3H2Cl4O. The van der Waals surface area contributed by atoms with E-state index in [1.54, 1.807) is 0 Å². The highest BCUT2D eigenvalue weighted by Gasteiger charge is 2.22. The molecule has 5 heteroatoms. The minimum Gasteiger partial charge on any atom is -0.281 e. The predicted molar refractivity (Wildman–Crippen MR) is 35.8 cm³/mol. The van der Waals surface area contributed by atoms with Crippen LogP contribution in [0, 0.1) is 0 Å². The van der Waals surface area contributed by atoms with Crippen LogP contribution in [0.1, 0.15) is 6.42 Å². The first-order chi connectivity index (χ1) is 3.42. The summed E-state index contributed by atoms with van der Waals surface area (Å²) in [6, 6.07) is 0. The molecule has 0 aliphatic rings. The number of carbonyl (C=O) groups is 1. The molecule has 0 aromatic carbocycles. The summed E-state index contributed by atoms with van der Waals surface area (Å²) in [7, 11) is 0. The minimum absolute atomic E-state index is 0.251. The van der Waals surface area contributed by atoms with E-state index in [1.807, 2.05) is 0 Å². The molecule has 0 aromatic heterocycles. The lowest BCUT2D eigenvalue weighted by atomic mass is 10.5. The fourth-order valence-electron chi connectivity index (χ4n) is 0.158. The average Bonchev–Trinajstić information content (AvgIpc) is 1.21. The van der Waals surface area contributed by atoms with Crippen molar-refractivity contribution in [3.05, 3.63) is 0 Å². The molecule has 0 amide bonds. The third kappa shape index (κ3) is 6.83. The van der Waals surface area contributed by atoms with E-state index in [9.17, 15) is 4.79 Å². The molecule has 0 aliphatic heterocycles. The fourth-order valence-corrected chi connectivity index (χ4v) is 0.927. The van der Waals surface area contributed by atoms with Crippen LogP contribution < -0.4 is 0 Å². The van der Waals surface area contributed by atoms with Crippen molar-refractivity contribution in [2.75, 3.05) is 0 Å². The summed E-state index contributed by atoms with van der Waals surface area (Å²) in [5, 5.41) is -0.648. The van der Waals surface area contributed by atoms with Crippen molar-refractivity contribution in [2.45, 2.75) is 10.2 Å². The third-order valence-electron chi connectivity index (χ3n) is 0.339. The van der Waals surface area contributed by atoms with Gasteiger partial charge in [-0.25, -0.2) is 0 Å². The first kappa shape index (κ1) is 8.83. The lowest BCUT2D eigenvalue weighted by Crippen LogP contribution is -2.05. The highest BCUT2D eigenvalue weighted by Crippen LogP contribution is 2.30. The van der Waals surface area contributed by atoms with E-state index in [1.165, 1.54) is 0 Å². The second-order valence-corrected chi connectivity index (χ2v) is 4.08. The quantitative estimate of drug-likeness (QED) is 0.465. The van der Waals surface area contributed by atoms with E-state index < -0.39 is 9.03 Å². The van der Waals surface area contributed by atoms with Crippen LogP contribution in [-0.2, 0) is 4.79 Å². The standard InChI is InChI=1S/C3H2Cl4O/c4-2(8)1-3(5,6)7/h1H2. The Kier molecular flexibility index (Phi) is 3.44. The minimum atomic E-state index is -1.54. The maximum Gasteiger partial charge on any atom is 0.225 e. The predicted octanol–water partition coefficient (Wildman–Crippen LogP) is 2.51. The van der Waals surface area contributed by atoms with Crippen LogP contribution in [0.4, 0.5) is 0 Å². The lowest BCUT2D eigenvalue weighted by molar-refractivity contribution is -0.111. The van der Waals surface area contributed by atoms with Gasteiger partial charge in [-0.05, 0) is 11.6 Å². The maximum absolute atomic E-state index is 9.97. The molecule has 0 saturated heterocycles. The summed E-state index contributed by atoms with van der Waals surface area (Å²) in [5.41, 5.74) is 0. The Labute approximate surface area is 66.8 Å². The Bertz CT molecular complexity index is 93.9. The van der Waals surface area contributed by atoms with E-state index in [-0.39, 0.29) is 6.42 Å². The monoisotopic (exact) mass is 194 g/mol. The van der Waals surface area contributed by atoms with Crippen LogP contribution in [-0.4, -0.2) is 9.03 Å². The molecule has 0 spiro atoms. The summed E-state index contributed by atoms with van der Waals surface area (Å²) < 4.78 is -1.54. The van der Waals surface area contributed by atoms with E-state index in [4.69, 9.17) is 46.4 Å². The highest BCUT2D eigenvalue weighted by atomic mass is 35.6. The molecule has 0 saturated carbocycles. The van der Waals surface area contributed by atoms with Gasteiger partial charge in [0.15, 0.2) is 3.79 Å². The molecule has 0 rings (SSSR count). The number of hydrogen-bond acceptors (Lipinski definition) is 1. The second kappa shape index (κ2) is 3.11. The molecule has 0 aliphatic carbocycles. The first-order valence-corrected chi connectivity index (χ1v) is 3.18.